The third-order valence-corrected chi connectivity index (χ3v) is 2.37. The number of unbranched alkanes of at least 4 members (excludes halogenated alkanes) is 2. The monoisotopic (exact) mass is 153 g/mol. The van der Waals surface area contributed by atoms with E-state index in [0.29, 0.717) is 11.7 Å². The lowest BCUT2D eigenvalue weighted by molar-refractivity contribution is -0.120. The maximum absolute atomic E-state index is 11.1. The summed E-state index contributed by atoms with van der Waals surface area (Å²) in [5.41, 5.74) is 0. The van der Waals surface area contributed by atoms with Crippen molar-refractivity contribution in [2.24, 2.45) is 5.92 Å². The number of Topliss-reactive ketones (excluding diaryl/α,β-unsaturated/α-hetero) is 1. The molecule has 1 aliphatic rings. The van der Waals surface area contributed by atoms with Gasteiger partial charge < -0.3 is 0 Å². The van der Waals surface area contributed by atoms with E-state index in [-0.39, 0.29) is 0 Å². The van der Waals surface area contributed by atoms with E-state index < -0.39 is 0 Å². The quantitative estimate of drug-likeness (QED) is 0.567. The molecule has 0 aromatic carbocycles. The molecule has 0 aromatic rings. The Balaban J connectivity index is 2.10. The Labute approximate surface area is 69.2 Å². The second-order valence-corrected chi connectivity index (χ2v) is 3.34. The van der Waals surface area contributed by atoms with Crippen LogP contribution in [0.15, 0.2) is 0 Å². The van der Waals surface area contributed by atoms with Crippen molar-refractivity contribution in [3.63, 3.8) is 0 Å². The Morgan fingerprint density at radius 2 is 2.36 bits per heavy atom. The maximum atomic E-state index is 11.1. The molecule has 0 amide bonds. The van der Waals surface area contributed by atoms with Crippen LogP contribution in [0.1, 0.15) is 45.4 Å². The van der Waals surface area contributed by atoms with E-state index in [0.717, 1.165) is 19.3 Å². The largest absolute Gasteiger partial charge is 0.299 e. The lowest BCUT2D eigenvalue weighted by atomic mass is 9.99. The van der Waals surface area contributed by atoms with Crippen LogP contribution in [0.4, 0.5) is 0 Å². The summed E-state index contributed by atoms with van der Waals surface area (Å²) < 4.78 is 0. The summed E-state index contributed by atoms with van der Waals surface area (Å²) in [6.45, 7) is 2.19. The smallest absolute Gasteiger partial charge is 0.136 e. The molecule has 1 nitrogen and oxygen atoms in total. The van der Waals surface area contributed by atoms with Crippen LogP contribution < -0.4 is 0 Å². The van der Waals surface area contributed by atoms with Crippen molar-refractivity contribution in [1.29, 1.82) is 0 Å². The highest BCUT2D eigenvalue weighted by atomic mass is 16.1. The Bertz CT molecular complexity index is 129. The van der Waals surface area contributed by atoms with Gasteiger partial charge in [-0.05, 0) is 19.3 Å². The number of hydrogen-bond donors (Lipinski definition) is 0. The molecule has 0 aromatic heterocycles. The van der Waals surface area contributed by atoms with Gasteiger partial charge >= 0.3 is 0 Å². The molecule has 0 bridgehead atoms. The number of hydrogen-bond acceptors (Lipinski definition) is 1. The highest BCUT2D eigenvalue weighted by molar-refractivity contribution is 5.84. The first-order valence-corrected chi connectivity index (χ1v) is 4.70. The number of carbonyl (C=O) groups excluding carboxylic acids is 1. The van der Waals surface area contributed by atoms with Crippen molar-refractivity contribution in [2.45, 2.75) is 45.4 Å². The SMILES string of the molecule is CCCCCC1[CH]CCC1=O. The molecule has 1 rings (SSSR count). The topological polar surface area (TPSA) is 17.1 Å². The molecule has 0 N–H and O–H groups in total. The van der Waals surface area contributed by atoms with E-state index in [1.54, 1.807) is 0 Å². The fourth-order valence-electron chi connectivity index (χ4n) is 1.64. The first-order valence-electron chi connectivity index (χ1n) is 4.70. The molecule has 1 saturated carbocycles. The van der Waals surface area contributed by atoms with Gasteiger partial charge in [-0.25, -0.2) is 0 Å². The fourth-order valence-corrected chi connectivity index (χ4v) is 1.64. The zero-order valence-corrected chi connectivity index (χ0v) is 7.31. The van der Waals surface area contributed by atoms with Crippen LogP contribution >= 0.6 is 0 Å². The fraction of sp³-hybridized carbons (Fsp3) is 0.800. The maximum Gasteiger partial charge on any atom is 0.136 e. The zero-order valence-electron chi connectivity index (χ0n) is 7.31. The minimum Gasteiger partial charge on any atom is -0.299 e. The van der Waals surface area contributed by atoms with Gasteiger partial charge in [0, 0.05) is 12.3 Å². The first-order chi connectivity index (χ1) is 5.34. The minimum atomic E-state index is 0.321. The molecule has 0 aliphatic heterocycles. The van der Waals surface area contributed by atoms with Gasteiger partial charge in [0.1, 0.15) is 5.78 Å². The summed E-state index contributed by atoms with van der Waals surface area (Å²) in [4.78, 5) is 11.1. The summed E-state index contributed by atoms with van der Waals surface area (Å²) in [7, 11) is 0. The predicted molar refractivity (Wildman–Crippen MR) is 46.2 cm³/mol. The van der Waals surface area contributed by atoms with E-state index in [9.17, 15) is 4.79 Å². The van der Waals surface area contributed by atoms with Gasteiger partial charge in [0.25, 0.3) is 0 Å². The van der Waals surface area contributed by atoms with Crippen molar-refractivity contribution >= 4 is 5.78 Å². The standard InChI is InChI=1S/C10H17O/c1-2-3-4-6-9-7-5-8-10(9)11/h7,9H,2-6,8H2,1H3. The molecule has 1 unspecified atom stereocenters. The second kappa shape index (κ2) is 4.53. The molecular formula is C10H17O. The average molecular weight is 153 g/mol. The lowest BCUT2D eigenvalue weighted by Gasteiger charge is -2.05. The Morgan fingerprint density at radius 3 is 2.91 bits per heavy atom. The molecule has 1 fully saturated rings. The molecular weight excluding hydrogens is 136 g/mol. The second-order valence-electron chi connectivity index (χ2n) is 3.34. The number of carbonyl (C=O) groups is 1. The highest BCUT2D eigenvalue weighted by Crippen LogP contribution is 2.24. The van der Waals surface area contributed by atoms with Crippen molar-refractivity contribution in [1.82, 2.24) is 0 Å². The molecule has 11 heavy (non-hydrogen) atoms. The van der Waals surface area contributed by atoms with E-state index in [4.69, 9.17) is 0 Å². The van der Waals surface area contributed by atoms with Crippen molar-refractivity contribution in [2.75, 3.05) is 0 Å². The first kappa shape index (κ1) is 8.76. The minimum absolute atomic E-state index is 0.321. The van der Waals surface area contributed by atoms with E-state index >= 15 is 0 Å². The zero-order chi connectivity index (χ0) is 8.10. The third-order valence-electron chi connectivity index (χ3n) is 2.37. The van der Waals surface area contributed by atoms with Gasteiger partial charge in [0.05, 0.1) is 0 Å². The van der Waals surface area contributed by atoms with Gasteiger partial charge in [0.15, 0.2) is 0 Å². The summed E-state index contributed by atoms with van der Waals surface area (Å²) in [5.74, 6) is 0.794. The molecule has 0 heterocycles. The van der Waals surface area contributed by atoms with Gasteiger partial charge in [0.2, 0.25) is 0 Å². The van der Waals surface area contributed by atoms with Crippen LogP contribution in [0.3, 0.4) is 0 Å². The molecule has 1 atom stereocenters. The van der Waals surface area contributed by atoms with E-state index in [1.165, 1.54) is 19.3 Å². The molecule has 0 spiro atoms. The highest BCUT2D eigenvalue weighted by Gasteiger charge is 2.23. The molecule has 63 valence electrons. The van der Waals surface area contributed by atoms with Crippen molar-refractivity contribution < 1.29 is 4.79 Å². The predicted octanol–water partition coefficient (Wildman–Crippen LogP) is 2.75. The third kappa shape index (κ3) is 2.64. The Kier molecular flexibility index (Phi) is 3.61. The lowest BCUT2D eigenvalue weighted by Crippen LogP contribution is -2.05. The molecule has 0 saturated heterocycles. The molecule has 1 aliphatic carbocycles. The normalized spacial score (nSPS) is 24.5. The molecule has 1 radical (unpaired) electrons. The van der Waals surface area contributed by atoms with Crippen LogP contribution in [-0.2, 0) is 4.79 Å². The van der Waals surface area contributed by atoms with Crippen LogP contribution in [0.5, 0.6) is 0 Å². The van der Waals surface area contributed by atoms with Crippen molar-refractivity contribution in [3.8, 4) is 0 Å². The van der Waals surface area contributed by atoms with Gasteiger partial charge in [-0.3, -0.25) is 4.79 Å². The Hall–Kier alpha value is -0.330. The van der Waals surface area contributed by atoms with Crippen LogP contribution in [0.2, 0.25) is 0 Å². The number of ketones is 1. The summed E-state index contributed by atoms with van der Waals surface area (Å²) >= 11 is 0. The van der Waals surface area contributed by atoms with Gasteiger partial charge in [-0.1, -0.05) is 26.2 Å². The summed E-state index contributed by atoms with van der Waals surface area (Å²) in [5, 5.41) is 0. The van der Waals surface area contributed by atoms with Crippen LogP contribution in [0.25, 0.3) is 0 Å². The van der Waals surface area contributed by atoms with Crippen LogP contribution in [0, 0.1) is 12.3 Å². The summed E-state index contributed by atoms with van der Waals surface area (Å²) in [6.07, 6.45) is 8.87. The average Bonchev–Trinajstić information content (AvgIpc) is 2.37. The van der Waals surface area contributed by atoms with E-state index in [1.807, 2.05) is 0 Å². The van der Waals surface area contributed by atoms with Gasteiger partial charge in [-0.2, -0.15) is 0 Å². The van der Waals surface area contributed by atoms with E-state index in [2.05, 4.69) is 13.3 Å². The molecule has 1 heteroatoms. The van der Waals surface area contributed by atoms with Crippen LogP contribution in [-0.4, -0.2) is 5.78 Å². The van der Waals surface area contributed by atoms with Crippen molar-refractivity contribution in [3.05, 3.63) is 6.42 Å². The Morgan fingerprint density at radius 1 is 1.55 bits per heavy atom. The number of rotatable bonds is 4. The summed E-state index contributed by atoms with van der Waals surface area (Å²) in [6, 6.07) is 0. The van der Waals surface area contributed by atoms with Gasteiger partial charge in [-0.15, -0.1) is 0 Å².